The van der Waals surface area contributed by atoms with E-state index in [0.717, 1.165) is 5.56 Å². The fraction of sp³-hybridized carbons (Fsp3) is 0.235. The number of carbonyl (C=O) groups excluding carboxylic acids is 1. The van der Waals surface area contributed by atoms with Crippen LogP contribution in [0.1, 0.15) is 18.9 Å². The zero-order valence-corrected chi connectivity index (χ0v) is 12.1. The fourth-order valence-corrected chi connectivity index (χ4v) is 2.51. The normalized spacial score (nSPS) is 17.1. The van der Waals surface area contributed by atoms with Crippen molar-refractivity contribution < 1.29 is 19.0 Å². The van der Waals surface area contributed by atoms with E-state index in [9.17, 15) is 14.3 Å². The zero-order valence-electron chi connectivity index (χ0n) is 12.1. The van der Waals surface area contributed by atoms with E-state index in [2.05, 4.69) is 0 Å². The van der Waals surface area contributed by atoms with Crippen LogP contribution in [0.5, 0.6) is 11.5 Å². The maximum absolute atomic E-state index is 13.0. The number of anilines is 1. The minimum Gasteiger partial charge on any atom is -0.508 e. The third kappa shape index (κ3) is 2.62. The average Bonchev–Trinajstić information content (AvgIpc) is 2.51. The maximum atomic E-state index is 13.0. The number of benzene rings is 2. The van der Waals surface area contributed by atoms with E-state index in [1.54, 1.807) is 23.1 Å². The molecule has 0 saturated heterocycles. The van der Waals surface area contributed by atoms with Crippen molar-refractivity contribution in [3.8, 4) is 11.5 Å². The number of ether oxygens (including phenoxy) is 1. The Hall–Kier alpha value is -2.56. The molecule has 0 aliphatic carbocycles. The number of fused-ring (bicyclic) bond motifs is 1. The molecule has 0 aromatic heterocycles. The molecule has 114 valence electrons. The van der Waals surface area contributed by atoms with E-state index in [4.69, 9.17) is 4.74 Å². The minimum atomic E-state index is -0.574. The number of hydrogen-bond donors (Lipinski definition) is 1. The van der Waals surface area contributed by atoms with E-state index in [1.165, 1.54) is 24.3 Å². The molecule has 1 amide bonds. The molecule has 4 nitrogen and oxygen atoms in total. The summed E-state index contributed by atoms with van der Waals surface area (Å²) < 4.78 is 18.7. The summed E-state index contributed by atoms with van der Waals surface area (Å²) in [6.07, 6.45) is -0.0387. The van der Waals surface area contributed by atoms with Gasteiger partial charge in [-0.1, -0.05) is 19.1 Å². The second-order valence-corrected chi connectivity index (χ2v) is 5.22. The topological polar surface area (TPSA) is 49.8 Å². The van der Waals surface area contributed by atoms with Gasteiger partial charge in [0.1, 0.15) is 17.3 Å². The van der Waals surface area contributed by atoms with Crippen molar-refractivity contribution in [1.82, 2.24) is 0 Å². The molecular weight excluding hydrogens is 285 g/mol. The van der Waals surface area contributed by atoms with Crippen molar-refractivity contribution >= 4 is 11.6 Å². The van der Waals surface area contributed by atoms with Gasteiger partial charge < -0.3 is 14.7 Å². The lowest BCUT2D eigenvalue weighted by Gasteiger charge is -2.34. The van der Waals surface area contributed by atoms with Crippen LogP contribution in [0.25, 0.3) is 0 Å². The third-order valence-electron chi connectivity index (χ3n) is 3.67. The number of carbonyl (C=O) groups is 1. The highest BCUT2D eigenvalue weighted by Crippen LogP contribution is 2.38. The van der Waals surface area contributed by atoms with Gasteiger partial charge in [0.15, 0.2) is 6.10 Å². The number of rotatable bonds is 3. The molecule has 0 saturated carbocycles. The van der Waals surface area contributed by atoms with Crippen LogP contribution in [0.2, 0.25) is 0 Å². The second kappa shape index (κ2) is 5.67. The maximum Gasteiger partial charge on any atom is 0.268 e. The van der Waals surface area contributed by atoms with Crippen molar-refractivity contribution in [2.75, 3.05) is 4.90 Å². The van der Waals surface area contributed by atoms with Crippen LogP contribution in [0.4, 0.5) is 10.1 Å². The summed E-state index contributed by atoms with van der Waals surface area (Å²) in [6.45, 7) is 2.20. The minimum absolute atomic E-state index is 0.0877. The van der Waals surface area contributed by atoms with Crippen LogP contribution < -0.4 is 9.64 Å². The molecule has 0 unspecified atom stereocenters. The van der Waals surface area contributed by atoms with Crippen LogP contribution in [-0.4, -0.2) is 17.1 Å². The van der Waals surface area contributed by atoms with Gasteiger partial charge in [0.25, 0.3) is 5.91 Å². The Labute approximate surface area is 127 Å². The molecular formula is C17H16FNO3. The molecule has 22 heavy (non-hydrogen) atoms. The summed E-state index contributed by atoms with van der Waals surface area (Å²) in [5.74, 6) is 0.122. The van der Waals surface area contributed by atoms with Gasteiger partial charge in [-0.05, 0) is 36.2 Å². The van der Waals surface area contributed by atoms with Gasteiger partial charge >= 0.3 is 0 Å². The summed E-state index contributed by atoms with van der Waals surface area (Å²) in [6, 6.07) is 10.7. The van der Waals surface area contributed by atoms with Crippen molar-refractivity contribution in [2.24, 2.45) is 0 Å². The fourth-order valence-electron chi connectivity index (χ4n) is 2.51. The first-order chi connectivity index (χ1) is 10.6. The van der Waals surface area contributed by atoms with Gasteiger partial charge in [-0.2, -0.15) is 0 Å². The Morgan fingerprint density at radius 2 is 1.95 bits per heavy atom. The first-order valence-electron chi connectivity index (χ1n) is 7.14. The van der Waals surface area contributed by atoms with Gasteiger partial charge in [-0.25, -0.2) is 4.39 Å². The number of hydrogen-bond acceptors (Lipinski definition) is 3. The smallest absolute Gasteiger partial charge is 0.268 e. The first-order valence-corrected chi connectivity index (χ1v) is 7.14. The highest BCUT2D eigenvalue weighted by molar-refractivity contribution is 6.00. The number of phenolic OH excluding ortho intramolecular Hbond substituents is 1. The van der Waals surface area contributed by atoms with Crippen LogP contribution in [0.3, 0.4) is 0 Å². The van der Waals surface area contributed by atoms with Crippen molar-refractivity contribution in [3.63, 3.8) is 0 Å². The van der Waals surface area contributed by atoms with Gasteiger partial charge in [0.2, 0.25) is 0 Å². The van der Waals surface area contributed by atoms with Gasteiger partial charge in [-0.15, -0.1) is 0 Å². The van der Waals surface area contributed by atoms with Crippen LogP contribution in [0.15, 0.2) is 42.5 Å². The largest absolute Gasteiger partial charge is 0.508 e. The third-order valence-corrected chi connectivity index (χ3v) is 3.67. The van der Waals surface area contributed by atoms with Crippen molar-refractivity contribution in [1.29, 1.82) is 0 Å². The number of nitrogens with zero attached hydrogens (tertiary/aromatic N) is 1. The van der Waals surface area contributed by atoms with E-state index in [1.807, 2.05) is 6.92 Å². The SMILES string of the molecule is CC[C@@H]1Oc2cc(O)ccc2N(Cc2ccc(F)cc2)C1=O. The monoisotopic (exact) mass is 301 g/mol. The predicted molar refractivity (Wildman–Crippen MR) is 80.4 cm³/mol. The first kappa shape index (κ1) is 14.4. The Balaban J connectivity index is 1.97. The predicted octanol–water partition coefficient (Wildman–Crippen LogP) is 3.24. The average molecular weight is 301 g/mol. The molecule has 1 aliphatic heterocycles. The van der Waals surface area contributed by atoms with E-state index in [-0.39, 0.29) is 17.5 Å². The Morgan fingerprint density at radius 3 is 2.64 bits per heavy atom. The van der Waals surface area contributed by atoms with Gasteiger partial charge in [-0.3, -0.25) is 4.79 Å². The molecule has 3 rings (SSSR count). The van der Waals surface area contributed by atoms with E-state index < -0.39 is 6.10 Å². The molecule has 0 spiro atoms. The van der Waals surface area contributed by atoms with E-state index in [0.29, 0.717) is 24.4 Å². The summed E-state index contributed by atoms with van der Waals surface area (Å²) in [4.78, 5) is 14.2. The zero-order chi connectivity index (χ0) is 15.7. The highest BCUT2D eigenvalue weighted by atomic mass is 19.1. The molecule has 0 fully saturated rings. The molecule has 5 heteroatoms. The van der Waals surface area contributed by atoms with E-state index >= 15 is 0 Å². The second-order valence-electron chi connectivity index (χ2n) is 5.22. The van der Waals surface area contributed by atoms with Crippen LogP contribution in [-0.2, 0) is 11.3 Å². The molecule has 1 heterocycles. The molecule has 1 N–H and O–H groups in total. The summed E-state index contributed by atoms with van der Waals surface area (Å²) in [5, 5.41) is 9.59. The number of phenols is 1. The summed E-state index contributed by atoms with van der Waals surface area (Å²) >= 11 is 0. The van der Waals surface area contributed by atoms with Crippen molar-refractivity contribution in [3.05, 3.63) is 53.8 Å². The lowest BCUT2D eigenvalue weighted by molar-refractivity contribution is -0.126. The number of halogens is 1. The molecule has 2 aromatic carbocycles. The molecule has 2 aromatic rings. The Morgan fingerprint density at radius 1 is 1.23 bits per heavy atom. The molecule has 1 aliphatic rings. The van der Waals surface area contributed by atoms with Crippen LogP contribution in [0, 0.1) is 5.82 Å². The summed E-state index contributed by atoms with van der Waals surface area (Å²) in [7, 11) is 0. The van der Waals surface area contributed by atoms with Crippen molar-refractivity contribution in [2.45, 2.75) is 26.0 Å². The summed E-state index contributed by atoms with van der Waals surface area (Å²) in [5.41, 5.74) is 1.43. The quantitative estimate of drug-likeness (QED) is 0.947. The molecule has 0 bridgehead atoms. The van der Waals surface area contributed by atoms with Gasteiger partial charge in [0.05, 0.1) is 12.2 Å². The van der Waals surface area contributed by atoms with Gasteiger partial charge in [0, 0.05) is 6.07 Å². The Kier molecular flexibility index (Phi) is 3.71. The molecule has 1 atom stereocenters. The lowest BCUT2D eigenvalue weighted by atomic mass is 10.1. The standard InChI is InChI=1S/C17H16FNO3/c1-2-15-17(21)19(10-11-3-5-12(18)6-4-11)14-8-7-13(20)9-16(14)22-15/h3-9,15,20H,2,10H2,1H3/t15-/m0/s1. The highest BCUT2D eigenvalue weighted by Gasteiger charge is 2.33. The lowest BCUT2D eigenvalue weighted by Crippen LogP contribution is -2.45. The Bertz CT molecular complexity index is 700. The van der Waals surface area contributed by atoms with Crippen LogP contribution >= 0.6 is 0 Å². The number of amides is 1. The molecule has 0 radical (unpaired) electrons. The number of aromatic hydroxyl groups is 1.